The van der Waals surface area contributed by atoms with E-state index in [1.165, 1.54) is 0 Å². The Kier molecular flexibility index (Phi) is 5.56. The van der Waals surface area contributed by atoms with E-state index in [4.69, 9.17) is 10.5 Å². The van der Waals surface area contributed by atoms with Gasteiger partial charge in [0.1, 0.15) is 0 Å². The van der Waals surface area contributed by atoms with Crippen LogP contribution in [-0.2, 0) is 14.8 Å². The highest BCUT2D eigenvalue weighted by molar-refractivity contribution is 7.89. The lowest BCUT2D eigenvalue weighted by molar-refractivity contribution is 0.0834. The molecule has 1 aromatic rings. The highest BCUT2D eigenvalue weighted by Crippen LogP contribution is 2.27. The summed E-state index contributed by atoms with van der Waals surface area (Å²) in [5.74, 6) is 0. The van der Waals surface area contributed by atoms with Gasteiger partial charge in [0, 0.05) is 12.2 Å². The van der Waals surface area contributed by atoms with E-state index in [2.05, 4.69) is 4.72 Å². The van der Waals surface area contributed by atoms with Gasteiger partial charge in [0.25, 0.3) is 0 Å². The Morgan fingerprint density at radius 1 is 1.25 bits per heavy atom. The number of anilines is 1. The molecular formula is C14H24N2O3S. The highest BCUT2D eigenvalue weighted by Gasteiger charge is 2.21. The standard InChI is InChI=1S/C14H24N2O3S/c1-9(2)19-7-6-16-20(17,18)14-11(4)8-10(3)13(15)12(14)5/h8-9,16H,6-7,15H2,1-5H3. The molecule has 0 unspecified atom stereocenters. The predicted molar refractivity (Wildman–Crippen MR) is 81.3 cm³/mol. The van der Waals surface area contributed by atoms with E-state index in [0.29, 0.717) is 23.4 Å². The minimum atomic E-state index is -3.57. The summed E-state index contributed by atoms with van der Waals surface area (Å²) in [6, 6.07) is 1.79. The van der Waals surface area contributed by atoms with E-state index in [9.17, 15) is 8.42 Å². The Hall–Kier alpha value is -1.11. The van der Waals surface area contributed by atoms with Crippen molar-refractivity contribution in [2.24, 2.45) is 0 Å². The molecule has 0 radical (unpaired) electrons. The molecule has 0 aromatic heterocycles. The highest BCUT2D eigenvalue weighted by atomic mass is 32.2. The Morgan fingerprint density at radius 2 is 1.85 bits per heavy atom. The number of hydrogen-bond donors (Lipinski definition) is 2. The van der Waals surface area contributed by atoms with Crippen molar-refractivity contribution in [3.05, 3.63) is 22.8 Å². The zero-order chi connectivity index (χ0) is 15.5. The molecule has 0 atom stereocenters. The summed E-state index contributed by atoms with van der Waals surface area (Å²) in [5.41, 5.74) is 8.64. The molecule has 0 spiro atoms. The number of hydrogen-bond acceptors (Lipinski definition) is 4. The molecule has 0 saturated carbocycles. The van der Waals surface area contributed by atoms with E-state index in [1.807, 2.05) is 20.8 Å². The van der Waals surface area contributed by atoms with Crippen LogP contribution >= 0.6 is 0 Å². The molecule has 0 saturated heterocycles. The molecule has 0 fully saturated rings. The number of nitrogens with two attached hydrogens (primary N) is 1. The van der Waals surface area contributed by atoms with Crippen molar-refractivity contribution in [2.45, 2.75) is 45.6 Å². The molecule has 114 valence electrons. The lowest BCUT2D eigenvalue weighted by Gasteiger charge is -2.16. The summed E-state index contributed by atoms with van der Waals surface area (Å²) in [4.78, 5) is 0.269. The topological polar surface area (TPSA) is 81.4 Å². The van der Waals surface area contributed by atoms with Gasteiger partial charge < -0.3 is 10.5 Å². The zero-order valence-corrected chi connectivity index (χ0v) is 13.6. The number of nitrogen functional groups attached to an aromatic ring is 1. The van der Waals surface area contributed by atoms with E-state index in [0.717, 1.165) is 5.56 Å². The summed E-state index contributed by atoms with van der Waals surface area (Å²) >= 11 is 0. The number of rotatable bonds is 6. The molecule has 0 heterocycles. The van der Waals surface area contributed by atoms with Crippen molar-refractivity contribution in [3.8, 4) is 0 Å². The van der Waals surface area contributed by atoms with Crippen LogP contribution in [0.1, 0.15) is 30.5 Å². The largest absolute Gasteiger partial charge is 0.398 e. The van der Waals surface area contributed by atoms with Gasteiger partial charge in [-0.25, -0.2) is 13.1 Å². The first-order chi connectivity index (χ1) is 9.16. The van der Waals surface area contributed by atoms with Gasteiger partial charge >= 0.3 is 0 Å². The fourth-order valence-electron chi connectivity index (χ4n) is 2.14. The van der Waals surface area contributed by atoms with E-state index < -0.39 is 10.0 Å². The van der Waals surface area contributed by atoms with Gasteiger partial charge in [0.2, 0.25) is 10.0 Å². The molecule has 0 aliphatic rings. The molecule has 3 N–H and O–H groups in total. The minimum Gasteiger partial charge on any atom is -0.398 e. The molecule has 0 bridgehead atoms. The van der Waals surface area contributed by atoms with E-state index >= 15 is 0 Å². The number of benzene rings is 1. The van der Waals surface area contributed by atoms with Crippen molar-refractivity contribution < 1.29 is 13.2 Å². The first-order valence-corrected chi connectivity index (χ1v) is 8.12. The Bertz CT molecular complexity index is 581. The van der Waals surface area contributed by atoms with Crippen LogP contribution in [0.5, 0.6) is 0 Å². The molecule has 1 rings (SSSR count). The number of aryl methyl sites for hydroxylation is 2. The van der Waals surface area contributed by atoms with Crippen LogP contribution in [0.3, 0.4) is 0 Å². The molecule has 0 aliphatic heterocycles. The molecule has 1 aromatic carbocycles. The summed E-state index contributed by atoms with van der Waals surface area (Å²) in [6.45, 7) is 9.78. The smallest absolute Gasteiger partial charge is 0.241 e. The quantitative estimate of drug-likeness (QED) is 0.621. The number of sulfonamides is 1. The maximum Gasteiger partial charge on any atom is 0.241 e. The Balaban J connectivity index is 2.96. The zero-order valence-electron chi connectivity index (χ0n) is 12.8. The molecule has 0 aliphatic carbocycles. The van der Waals surface area contributed by atoms with Crippen LogP contribution in [0.15, 0.2) is 11.0 Å². The lowest BCUT2D eigenvalue weighted by Crippen LogP contribution is -2.29. The van der Waals surface area contributed by atoms with Crippen LogP contribution in [0.25, 0.3) is 0 Å². The lowest BCUT2D eigenvalue weighted by atomic mass is 10.1. The minimum absolute atomic E-state index is 0.0815. The Labute approximate surface area is 121 Å². The monoisotopic (exact) mass is 300 g/mol. The summed E-state index contributed by atoms with van der Waals surface area (Å²) in [5, 5.41) is 0. The summed E-state index contributed by atoms with van der Waals surface area (Å²) < 4.78 is 32.6. The predicted octanol–water partition coefficient (Wildman–Crippen LogP) is 1.90. The van der Waals surface area contributed by atoms with Gasteiger partial charge in [-0.15, -0.1) is 0 Å². The maximum absolute atomic E-state index is 12.4. The maximum atomic E-state index is 12.4. The second-order valence-electron chi connectivity index (χ2n) is 5.20. The second kappa shape index (κ2) is 6.56. The normalized spacial score (nSPS) is 12.1. The fourth-order valence-corrected chi connectivity index (χ4v) is 3.63. The average Bonchev–Trinajstić information content (AvgIpc) is 2.31. The van der Waals surface area contributed by atoms with Gasteiger partial charge in [-0.1, -0.05) is 6.07 Å². The molecule has 5 nitrogen and oxygen atoms in total. The van der Waals surface area contributed by atoms with Crippen LogP contribution in [-0.4, -0.2) is 27.7 Å². The summed E-state index contributed by atoms with van der Waals surface area (Å²) in [7, 11) is -3.57. The fraction of sp³-hybridized carbons (Fsp3) is 0.571. The third kappa shape index (κ3) is 3.94. The Morgan fingerprint density at radius 3 is 2.40 bits per heavy atom. The van der Waals surface area contributed by atoms with Crippen molar-refractivity contribution in [1.82, 2.24) is 4.72 Å². The van der Waals surface area contributed by atoms with Crippen LogP contribution in [0, 0.1) is 20.8 Å². The van der Waals surface area contributed by atoms with Gasteiger partial charge in [-0.3, -0.25) is 0 Å². The van der Waals surface area contributed by atoms with Crippen LogP contribution in [0.4, 0.5) is 5.69 Å². The number of ether oxygens (including phenoxy) is 1. The first-order valence-electron chi connectivity index (χ1n) is 6.64. The molecule has 6 heteroatoms. The van der Waals surface area contributed by atoms with Crippen molar-refractivity contribution in [3.63, 3.8) is 0 Å². The molecule has 0 amide bonds. The van der Waals surface area contributed by atoms with Gasteiger partial charge in [-0.05, 0) is 51.3 Å². The summed E-state index contributed by atoms with van der Waals surface area (Å²) in [6.07, 6.45) is 0.0815. The van der Waals surface area contributed by atoms with E-state index in [-0.39, 0.29) is 17.5 Å². The van der Waals surface area contributed by atoms with Crippen molar-refractivity contribution in [1.29, 1.82) is 0 Å². The molecular weight excluding hydrogens is 276 g/mol. The van der Waals surface area contributed by atoms with Gasteiger partial charge in [-0.2, -0.15) is 0 Å². The SMILES string of the molecule is Cc1cc(C)c(S(=O)(=O)NCCOC(C)C)c(C)c1N. The average molecular weight is 300 g/mol. The van der Waals surface area contributed by atoms with Crippen molar-refractivity contribution >= 4 is 15.7 Å². The first kappa shape index (κ1) is 16.9. The third-order valence-electron chi connectivity index (χ3n) is 3.07. The second-order valence-corrected chi connectivity index (χ2v) is 6.90. The van der Waals surface area contributed by atoms with Crippen LogP contribution in [0.2, 0.25) is 0 Å². The van der Waals surface area contributed by atoms with Crippen LogP contribution < -0.4 is 10.5 Å². The van der Waals surface area contributed by atoms with E-state index in [1.54, 1.807) is 19.9 Å². The van der Waals surface area contributed by atoms with Gasteiger partial charge in [0.15, 0.2) is 0 Å². The third-order valence-corrected chi connectivity index (χ3v) is 4.82. The van der Waals surface area contributed by atoms with Gasteiger partial charge in [0.05, 0.1) is 17.6 Å². The molecule has 20 heavy (non-hydrogen) atoms. The van der Waals surface area contributed by atoms with Crippen molar-refractivity contribution in [2.75, 3.05) is 18.9 Å². The number of nitrogens with one attached hydrogen (secondary N) is 1.